The van der Waals surface area contributed by atoms with Gasteiger partial charge in [0, 0.05) is 32.1 Å². The number of carbonyl (C=O) groups excluding carboxylic acids is 2. The van der Waals surface area contributed by atoms with E-state index in [9.17, 15) is 27.2 Å². The molecule has 0 heterocycles. The first kappa shape index (κ1) is 21.4. The van der Waals surface area contributed by atoms with Crippen molar-refractivity contribution in [3.63, 3.8) is 0 Å². The van der Waals surface area contributed by atoms with Crippen LogP contribution in [0.4, 0.5) is 23.2 Å². The lowest BCUT2D eigenvalue weighted by Crippen LogP contribution is -2.33. The lowest BCUT2D eigenvalue weighted by molar-refractivity contribution is -0.137. The Morgan fingerprint density at radius 1 is 0.964 bits per heavy atom. The van der Waals surface area contributed by atoms with Crippen molar-refractivity contribution in [2.45, 2.75) is 25.9 Å². The van der Waals surface area contributed by atoms with Gasteiger partial charge in [-0.25, -0.2) is 4.39 Å². The van der Waals surface area contributed by atoms with E-state index in [0.717, 1.165) is 17.7 Å². The molecule has 28 heavy (non-hydrogen) atoms. The predicted molar refractivity (Wildman–Crippen MR) is 97.0 cm³/mol. The largest absolute Gasteiger partial charge is 0.416 e. The Balaban J connectivity index is 1.84. The standard InChI is InChI=1S/C20H20F4N2O2/c1-14(27)26(12-10-15-2-6-17(21)7-3-15)13-11-19(28)25-18-8-4-16(5-9-18)20(22,23)24/h2-9H,10-13H2,1H3,(H,25,28). The smallest absolute Gasteiger partial charge is 0.342 e. The summed E-state index contributed by atoms with van der Waals surface area (Å²) in [5.74, 6) is -0.954. The molecule has 2 aromatic rings. The highest BCUT2D eigenvalue weighted by molar-refractivity contribution is 5.91. The first-order chi connectivity index (χ1) is 13.1. The topological polar surface area (TPSA) is 49.4 Å². The third kappa shape index (κ3) is 6.68. The first-order valence-electron chi connectivity index (χ1n) is 8.62. The number of nitrogens with one attached hydrogen (secondary N) is 1. The molecule has 2 rings (SSSR count). The summed E-state index contributed by atoms with van der Waals surface area (Å²) in [6.07, 6.45) is -3.92. The van der Waals surface area contributed by atoms with E-state index < -0.39 is 17.6 Å². The molecule has 150 valence electrons. The van der Waals surface area contributed by atoms with Crippen LogP contribution in [0.3, 0.4) is 0 Å². The zero-order chi connectivity index (χ0) is 20.7. The number of benzene rings is 2. The summed E-state index contributed by atoms with van der Waals surface area (Å²) < 4.78 is 50.5. The van der Waals surface area contributed by atoms with Crippen molar-refractivity contribution in [1.29, 1.82) is 0 Å². The molecule has 0 fully saturated rings. The second-order valence-electron chi connectivity index (χ2n) is 6.26. The maximum Gasteiger partial charge on any atom is 0.416 e. The summed E-state index contributed by atoms with van der Waals surface area (Å²) >= 11 is 0. The van der Waals surface area contributed by atoms with Crippen LogP contribution in [0.15, 0.2) is 48.5 Å². The van der Waals surface area contributed by atoms with E-state index >= 15 is 0 Å². The van der Waals surface area contributed by atoms with Crippen LogP contribution in [0.2, 0.25) is 0 Å². The van der Waals surface area contributed by atoms with Crippen molar-refractivity contribution >= 4 is 17.5 Å². The maximum absolute atomic E-state index is 12.9. The van der Waals surface area contributed by atoms with Crippen LogP contribution in [0.5, 0.6) is 0 Å². The summed E-state index contributed by atoms with van der Waals surface area (Å²) in [7, 11) is 0. The highest BCUT2D eigenvalue weighted by Crippen LogP contribution is 2.29. The molecule has 0 aliphatic carbocycles. The second-order valence-corrected chi connectivity index (χ2v) is 6.26. The Labute approximate surface area is 160 Å². The molecule has 0 aliphatic heterocycles. The molecule has 0 bridgehead atoms. The number of rotatable bonds is 7. The maximum atomic E-state index is 12.9. The van der Waals surface area contributed by atoms with Gasteiger partial charge in [0.1, 0.15) is 5.82 Å². The molecule has 0 saturated carbocycles. The van der Waals surface area contributed by atoms with E-state index in [1.165, 1.54) is 36.1 Å². The Morgan fingerprint density at radius 2 is 1.57 bits per heavy atom. The van der Waals surface area contributed by atoms with E-state index in [-0.39, 0.29) is 30.4 Å². The fraction of sp³-hybridized carbons (Fsp3) is 0.300. The summed E-state index contributed by atoms with van der Waals surface area (Å²) in [5, 5.41) is 2.51. The average molecular weight is 396 g/mol. The van der Waals surface area contributed by atoms with Gasteiger partial charge in [0.25, 0.3) is 0 Å². The van der Waals surface area contributed by atoms with Crippen molar-refractivity contribution in [3.8, 4) is 0 Å². The van der Waals surface area contributed by atoms with Crippen LogP contribution in [0.25, 0.3) is 0 Å². The molecule has 1 N–H and O–H groups in total. The van der Waals surface area contributed by atoms with Gasteiger partial charge in [0.2, 0.25) is 11.8 Å². The van der Waals surface area contributed by atoms with Gasteiger partial charge in [-0.2, -0.15) is 13.2 Å². The van der Waals surface area contributed by atoms with Crippen LogP contribution < -0.4 is 5.32 Å². The molecule has 0 aliphatic rings. The number of halogens is 4. The normalized spacial score (nSPS) is 11.2. The molecule has 0 aromatic heterocycles. The van der Waals surface area contributed by atoms with Crippen molar-refractivity contribution in [3.05, 3.63) is 65.5 Å². The number of alkyl halides is 3. The van der Waals surface area contributed by atoms with Gasteiger partial charge < -0.3 is 10.2 Å². The summed E-state index contributed by atoms with van der Waals surface area (Å²) in [4.78, 5) is 25.3. The zero-order valence-electron chi connectivity index (χ0n) is 15.2. The van der Waals surface area contributed by atoms with Crippen LogP contribution in [0, 0.1) is 5.82 Å². The third-order valence-corrected chi connectivity index (χ3v) is 4.13. The van der Waals surface area contributed by atoms with E-state index in [4.69, 9.17) is 0 Å². The average Bonchev–Trinajstić information content (AvgIpc) is 2.62. The molecule has 8 heteroatoms. The minimum atomic E-state index is -4.44. The lowest BCUT2D eigenvalue weighted by Gasteiger charge is -2.21. The summed E-state index contributed by atoms with van der Waals surface area (Å²) in [6.45, 7) is 1.93. The van der Waals surface area contributed by atoms with Gasteiger partial charge in [-0.3, -0.25) is 9.59 Å². The van der Waals surface area contributed by atoms with Gasteiger partial charge in [0.15, 0.2) is 0 Å². The number of nitrogens with zero attached hydrogens (tertiary/aromatic N) is 1. The first-order valence-corrected chi connectivity index (χ1v) is 8.62. The molecule has 2 aromatic carbocycles. The van der Waals surface area contributed by atoms with Gasteiger partial charge in [-0.1, -0.05) is 12.1 Å². The number of hydrogen-bond acceptors (Lipinski definition) is 2. The number of anilines is 1. The highest BCUT2D eigenvalue weighted by atomic mass is 19.4. The molecule has 0 radical (unpaired) electrons. The molecule has 2 amide bonds. The molecular weight excluding hydrogens is 376 g/mol. The fourth-order valence-electron chi connectivity index (χ4n) is 2.54. The van der Waals surface area contributed by atoms with Gasteiger partial charge >= 0.3 is 6.18 Å². The van der Waals surface area contributed by atoms with Crippen LogP contribution in [-0.2, 0) is 22.2 Å². The quantitative estimate of drug-likeness (QED) is 0.711. The summed E-state index contributed by atoms with van der Waals surface area (Å²) in [6, 6.07) is 10.1. The van der Waals surface area contributed by atoms with E-state index in [1.54, 1.807) is 12.1 Å². The Bertz CT molecular complexity index is 802. The summed E-state index contributed by atoms with van der Waals surface area (Å²) in [5.41, 5.74) is 0.314. The fourth-order valence-corrected chi connectivity index (χ4v) is 2.54. The predicted octanol–water partition coefficient (Wildman–Crippen LogP) is 4.26. The van der Waals surface area contributed by atoms with Crippen LogP contribution in [0.1, 0.15) is 24.5 Å². The van der Waals surface area contributed by atoms with Crippen molar-refractivity contribution in [2.75, 3.05) is 18.4 Å². The molecule has 0 saturated heterocycles. The number of amides is 2. The molecule has 0 unspecified atom stereocenters. The third-order valence-electron chi connectivity index (χ3n) is 4.13. The Morgan fingerprint density at radius 3 is 2.11 bits per heavy atom. The zero-order valence-corrected chi connectivity index (χ0v) is 15.2. The van der Waals surface area contributed by atoms with Gasteiger partial charge in [-0.15, -0.1) is 0 Å². The highest BCUT2D eigenvalue weighted by Gasteiger charge is 2.30. The van der Waals surface area contributed by atoms with E-state index in [0.29, 0.717) is 13.0 Å². The van der Waals surface area contributed by atoms with Gasteiger partial charge in [-0.05, 0) is 48.4 Å². The molecule has 0 atom stereocenters. The Hall–Kier alpha value is -2.90. The van der Waals surface area contributed by atoms with E-state index in [2.05, 4.69) is 5.32 Å². The molecule has 4 nitrogen and oxygen atoms in total. The van der Waals surface area contributed by atoms with Gasteiger partial charge in [0.05, 0.1) is 5.56 Å². The van der Waals surface area contributed by atoms with Crippen LogP contribution in [-0.4, -0.2) is 29.8 Å². The lowest BCUT2D eigenvalue weighted by atomic mass is 10.1. The Kier molecular flexibility index (Phi) is 7.14. The minimum Gasteiger partial charge on any atom is -0.342 e. The monoisotopic (exact) mass is 396 g/mol. The second kappa shape index (κ2) is 9.34. The number of carbonyl (C=O) groups is 2. The molecule has 0 spiro atoms. The SMILES string of the molecule is CC(=O)N(CCC(=O)Nc1ccc(C(F)(F)F)cc1)CCc1ccc(F)cc1. The molecular formula is C20H20F4N2O2. The van der Waals surface area contributed by atoms with Crippen molar-refractivity contribution < 1.29 is 27.2 Å². The van der Waals surface area contributed by atoms with Crippen LogP contribution >= 0.6 is 0 Å². The number of hydrogen-bond donors (Lipinski definition) is 1. The van der Waals surface area contributed by atoms with Crippen molar-refractivity contribution in [2.24, 2.45) is 0 Å². The van der Waals surface area contributed by atoms with E-state index in [1.807, 2.05) is 0 Å². The van der Waals surface area contributed by atoms with Crippen molar-refractivity contribution in [1.82, 2.24) is 4.90 Å². The minimum absolute atomic E-state index is 0.00399.